The van der Waals surface area contributed by atoms with Crippen molar-refractivity contribution in [2.75, 3.05) is 19.8 Å². The zero-order valence-electron chi connectivity index (χ0n) is 52.3. The molecule has 1 fully saturated rings. The zero-order valence-corrected chi connectivity index (χ0v) is 52.3. The van der Waals surface area contributed by atoms with E-state index in [1.54, 1.807) is 6.08 Å². The average Bonchev–Trinajstić information content (AvgIpc) is 3.45. The highest BCUT2D eigenvalue weighted by Gasteiger charge is 2.44. The molecule has 472 valence electrons. The molecule has 11 heteroatoms. The van der Waals surface area contributed by atoms with Gasteiger partial charge in [-0.1, -0.05) is 301 Å². The van der Waals surface area contributed by atoms with Gasteiger partial charge in [0.05, 0.1) is 32.0 Å². The molecule has 6 N–H and O–H groups in total. The number of rotatable bonds is 61. The van der Waals surface area contributed by atoms with Crippen LogP contribution in [-0.4, -0.2) is 100 Å². The maximum absolute atomic E-state index is 13.0. The summed E-state index contributed by atoms with van der Waals surface area (Å²) in [6.45, 7) is 4.31. The second-order valence-corrected chi connectivity index (χ2v) is 24.2. The Morgan fingerprint density at radius 3 is 1.24 bits per heavy atom. The smallest absolute Gasteiger partial charge is 0.305 e. The zero-order chi connectivity index (χ0) is 58.0. The Hall–Kier alpha value is -1.86. The number of carbonyl (C=O) groups is 2. The van der Waals surface area contributed by atoms with Gasteiger partial charge in [-0.15, -0.1) is 0 Å². The Bertz CT molecular complexity index is 1380. The number of aliphatic hydroxyl groups is 5. The van der Waals surface area contributed by atoms with E-state index >= 15 is 0 Å². The Labute approximate surface area is 492 Å². The lowest BCUT2D eigenvalue weighted by atomic mass is 9.99. The fourth-order valence-electron chi connectivity index (χ4n) is 11.1. The summed E-state index contributed by atoms with van der Waals surface area (Å²) in [7, 11) is 0. The summed E-state index contributed by atoms with van der Waals surface area (Å²) < 4.78 is 16.7. The van der Waals surface area contributed by atoms with E-state index in [4.69, 9.17) is 14.2 Å². The summed E-state index contributed by atoms with van der Waals surface area (Å²) >= 11 is 0. The number of allylic oxidation sites excluding steroid dienone is 3. The number of hydrogen-bond donors (Lipinski definition) is 6. The molecular weight excluding hydrogens is 1000 g/mol. The molecule has 0 bridgehead atoms. The standard InChI is InChI=1S/C69H131NO10/c1-3-5-7-9-11-13-36-41-45-49-53-57-65(74)78-58-54-50-46-42-38-35-33-31-29-27-25-23-21-19-17-15-14-16-18-20-22-24-26-28-30-32-34-37-40-44-48-52-56-64(73)70-61(62(72)55-51-47-43-39-12-10-8-6-4-2)60-79-69-68(77)67(76)66(75)63(59-71)80-69/h9,11,51,55,61-63,66-69,71-72,75-77H,3-8,10,12-50,52-54,56-60H2,1-2H3,(H,70,73)/b11-9-,55-51+. The number of carbonyl (C=O) groups excluding carboxylic acids is 2. The molecule has 1 rings (SSSR count). The van der Waals surface area contributed by atoms with Crippen LogP contribution in [0.2, 0.25) is 0 Å². The van der Waals surface area contributed by atoms with Crippen LogP contribution < -0.4 is 5.32 Å². The molecule has 0 aromatic rings. The minimum absolute atomic E-state index is 0.00273. The van der Waals surface area contributed by atoms with Gasteiger partial charge < -0.3 is 45.1 Å². The van der Waals surface area contributed by atoms with E-state index in [1.165, 1.54) is 257 Å². The highest BCUT2D eigenvalue weighted by atomic mass is 16.7. The summed E-state index contributed by atoms with van der Waals surface area (Å²) in [5.41, 5.74) is 0. The van der Waals surface area contributed by atoms with Crippen LogP contribution in [0.25, 0.3) is 0 Å². The van der Waals surface area contributed by atoms with Crippen molar-refractivity contribution in [3.8, 4) is 0 Å². The van der Waals surface area contributed by atoms with Crippen molar-refractivity contribution in [1.29, 1.82) is 0 Å². The topological polar surface area (TPSA) is 175 Å². The highest BCUT2D eigenvalue weighted by molar-refractivity contribution is 5.76. The number of amides is 1. The highest BCUT2D eigenvalue weighted by Crippen LogP contribution is 2.23. The van der Waals surface area contributed by atoms with Crippen molar-refractivity contribution in [1.82, 2.24) is 5.32 Å². The van der Waals surface area contributed by atoms with Crippen LogP contribution in [0, 0.1) is 0 Å². The molecule has 1 saturated heterocycles. The molecule has 1 amide bonds. The number of hydrogen-bond acceptors (Lipinski definition) is 10. The molecule has 0 radical (unpaired) electrons. The third-order valence-electron chi connectivity index (χ3n) is 16.6. The molecule has 7 atom stereocenters. The van der Waals surface area contributed by atoms with Crippen LogP contribution in [0.1, 0.15) is 341 Å². The van der Waals surface area contributed by atoms with Gasteiger partial charge in [0.15, 0.2) is 6.29 Å². The van der Waals surface area contributed by atoms with Gasteiger partial charge in [0.2, 0.25) is 5.91 Å². The minimum atomic E-state index is -1.57. The van der Waals surface area contributed by atoms with E-state index in [0.717, 1.165) is 57.8 Å². The molecule has 7 unspecified atom stereocenters. The Morgan fingerprint density at radius 2 is 0.812 bits per heavy atom. The van der Waals surface area contributed by atoms with Crippen molar-refractivity contribution in [2.24, 2.45) is 0 Å². The van der Waals surface area contributed by atoms with Gasteiger partial charge in [-0.25, -0.2) is 0 Å². The van der Waals surface area contributed by atoms with Gasteiger partial charge in [0.1, 0.15) is 24.4 Å². The summed E-state index contributed by atoms with van der Waals surface area (Å²) in [6, 6.07) is -0.804. The second-order valence-electron chi connectivity index (χ2n) is 24.2. The first-order valence-corrected chi connectivity index (χ1v) is 34.6. The maximum atomic E-state index is 13.0. The molecule has 11 nitrogen and oxygen atoms in total. The van der Waals surface area contributed by atoms with Crippen LogP contribution in [0.3, 0.4) is 0 Å². The third-order valence-corrected chi connectivity index (χ3v) is 16.6. The fourth-order valence-corrected chi connectivity index (χ4v) is 11.1. The molecule has 0 spiro atoms. The monoisotopic (exact) mass is 1130 g/mol. The van der Waals surface area contributed by atoms with E-state index < -0.39 is 49.5 Å². The summed E-state index contributed by atoms with van der Waals surface area (Å²) in [6.07, 6.45) is 63.3. The van der Waals surface area contributed by atoms with Gasteiger partial charge in [-0.2, -0.15) is 0 Å². The van der Waals surface area contributed by atoms with Crippen molar-refractivity contribution in [3.63, 3.8) is 0 Å². The quantitative estimate of drug-likeness (QED) is 0.0195. The normalized spacial score (nSPS) is 18.4. The Morgan fingerprint density at radius 1 is 0.450 bits per heavy atom. The molecule has 80 heavy (non-hydrogen) atoms. The van der Waals surface area contributed by atoms with Crippen LogP contribution in [-0.2, 0) is 23.8 Å². The van der Waals surface area contributed by atoms with Crippen LogP contribution in [0.5, 0.6) is 0 Å². The molecule has 0 aromatic heterocycles. The largest absolute Gasteiger partial charge is 0.466 e. The van der Waals surface area contributed by atoms with E-state index in [1.807, 2.05) is 6.08 Å². The lowest BCUT2D eigenvalue weighted by Crippen LogP contribution is -2.60. The number of ether oxygens (including phenoxy) is 3. The second kappa shape index (κ2) is 58.9. The molecule has 0 aromatic carbocycles. The molecule has 0 aliphatic carbocycles. The minimum Gasteiger partial charge on any atom is -0.466 e. The van der Waals surface area contributed by atoms with E-state index in [0.29, 0.717) is 19.4 Å². The summed E-state index contributed by atoms with van der Waals surface area (Å²) in [5.74, 6) is -0.175. The lowest BCUT2D eigenvalue weighted by Gasteiger charge is -2.40. The van der Waals surface area contributed by atoms with Crippen molar-refractivity contribution >= 4 is 11.9 Å². The van der Waals surface area contributed by atoms with E-state index in [-0.39, 0.29) is 18.5 Å². The first-order valence-electron chi connectivity index (χ1n) is 34.6. The number of unbranched alkanes of at least 4 members (excludes halogenated alkanes) is 45. The Kier molecular flexibility index (Phi) is 56.1. The summed E-state index contributed by atoms with van der Waals surface area (Å²) in [5, 5.41) is 54.3. The number of nitrogens with one attached hydrogen (secondary N) is 1. The number of aliphatic hydroxyl groups excluding tert-OH is 5. The predicted molar refractivity (Wildman–Crippen MR) is 334 cm³/mol. The maximum Gasteiger partial charge on any atom is 0.305 e. The molecule has 1 aliphatic rings. The first kappa shape index (κ1) is 76.2. The van der Waals surface area contributed by atoms with Gasteiger partial charge in [0.25, 0.3) is 0 Å². The molecule has 1 heterocycles. The van der Waals surface area contributed by atoms with Gasteiger partial charge in [-0.05, 0) is 51.4 Å². The van der Waals surface area contributed by atoms with E-state index in [2.05, 4.69) is 31.3 Å². The van der Waals surface area contributed by atoms with Crippen LogP contribution >= 0.6 is 0 Å². The van der Waals surface area contributed by atoms with Crippen LogP contribution in [0.15, 0.2) is 24.3 Å². The van der Waals surface area contributed by atoms with Crippen molar-refractivity contribution in [3.05, 3.63) is 24.3 Å². The molecule has 0 saturated carbocycles. The average molecular weight is 1130 g/mol. The van der Waals surface area contributed by atoms with Crippen molar-refractivity contribution < 1.29 is 49.3 Å². The SMILES string of the molecule is CCCC/C=C\CCCCCCCC(=O)OCCCCCCCCCCCCCCCCCCCCCCCCCCCCCCCCCCC(=O)NC(COC1OC(CO)C(O)C(O)C1O)C(O)/C=C/CCCCCCCCC. The van der Waals surface area contributed by atoms with Gasteiger partial charge >= 0.3 is 5.97 Å². The Balaban J connectivity index is 1.90. The lowest BCUT2D eigenvalue weighted by molar-refractivity contribution is -0.302. The first-order chi connectivity index (χ1) is 39.2. The fraction of sp³-hybridized carbons (Fsp3) is 0.913. The van der Waals surface area contributed by atoms with Gasteiger partial charge in [0, 0.05) is 12.8 Å². The van der Waals surface area contributed by atoms with E-state index in [9.17, 15) is 35.1 Å². The summed E-state index contributed by atoms with van der Waals surface area (Å²) in [4.78, 5) is 25.0. The molecule has 1 aliphatic heterocycles. The van der Waals surface area contributed by atoms with Crippen LogP contribution in [0.4, 0.5) is 0 Å². The van der Waals surface area contributed by atoms with Crippen molar-refractivity contribution in [2.45, 2.75) is 384 Å². The molecular formula is C69H131NO10. The number of esters is 1. The van der Waals surface area contributed by atoms with Gasteiger partial charge in [-0.3, -0.25) is 9.59 Å². The predicted octanol–water partition coefficient (Wildman–Crippen LogP) is 17.2. The third kappa shape index (κ3) is 47.5.